The van der Waals surface area contributed by atoms with Gasteiger partial charge in [-0.1, -0.05) is 6.92 Å². The van der Waals surface area contributed by atoms with Gasteiger partial charge in [0.1, 0.15) is 5.75 Å². The van der Waals surface area contributed by atoms with Crippen molar-refractivity contribution in [3.05, 3.63) is 18.2 Å². The molecule has 1 unspecified atom stereocenters. The van der Waals surface area contributed by atoms with Crippen molar-refractivity contribution in [2.75, 3.05) is 36.2 Å². The summed E-state index contributed by atoms with van der Waals surface area (Å²) in [5.41, 5.74) is 7.47. The van der Waals surface area contributed by atoms with E-state index in [-0.39, 0.29) is 0 Å². The molecule has 1 aromatic carbocycles. The Labute approximate surface area is 111 Å². The summed E-state index contributed by atoms with van der Waals surface area (Å²) < 4.78 is 16.5. The predicted molar refractivity (Wildman–Crippen MR) is 78.7 cm³/mol. The normalized spacial score (nSPS) is 12.1. The van der Waals surface area contributed by atoms with E-state index in [9.17, 15) is 4.21 Å². The molecule has 1 rings (SSSR count). The van der Waals surface area contributed by atoms with Crippen LogP contribution in [0.1, 0.15) is 19.8 Å². The third kappa shape index (κ3) is 5.40. The first-order chi connectivity index (χ1) is 8.63. The van der Waals surface area contributed by atoms with Crippen LogP contribution in [-0.4, -0.2) is 29.4 Å². The molecule has 0 aliphatic carbocycles. The van der Waals surface area contributed by atoms with Gasteiger partial charge >= 0.3 is 0 Å². The van der Waals surface area contributed by atoms with Crippen LogP contribution in [0.4, 0.5) is 11.4 Å². The summed E-state index contributed by atoms with van der Waals surface area (Å²) in [7, 11) is -0.720. The standard InChI is InChI=1S/C13H22N2O2S/c1-3-8-17-13-10-11(5-6-12(13)14)15-7-4-9-18(2)16/h5-6,10,15H,3-4,7-9,14H2,1-2H3. The Balaban J connectivity index is 2.48. The lowest BCUT2D eigenvalue weighted by molar-refractivity contribution is 0.319. The summed E-state index contributed by atoms with van der Waals surface area (Å²) >= 11 is 0. The molecule has 0 amide bonds. The fraction of sp³-hybridized carbons (Fsp3) is 0.538. The summed E-state index contributed by atoms with van der Waals surface area (Å²) in [5, 5.41) is 3.27. The molecule has 0 aliphatic rings. The lowest BCUT2D eigenvalue weighted by Gasteiger charge is -2.11. The van der Waals surface area contributed by atoms with Crippen molar-refractivity contribution in [2.24, 2.45) is 0 Å². The van der Waals surface area contributed by atoms with Crippen molar-refractivity contribution >= 4 is 22.2 Å². The van der Waals surface area contributed by atoms with Gasteiger partial charge in [0.05, 0.1) is 12.3 Å². The zero-order chi connectivity index (χ0) is 13.4. The van der Waals surface area contributed by atoms with Crippen molar-refractivity contribution in [2.45, 2.75) is 19.8 Å². The highest BCUT2D eigenvalue weighted by Crippen LogP contribution is 2.25. The molecule has 0 bridgehead atoms. The van der Waals surface area contributed by atoms with Crippen LogP contribution in [0.5, 0.6) is 5.75 Å². The highest BCUT2D eigenvalue weighted by atomic mass is 32.2. The van der Waals surface area contributed by atoms with Gasteiger partial charge in [-0.25, -0.2) is 0 Å². The van der Waals surface area contributed by atoms with Gasteiger partial charge in [-0.15, -0.1) is 0 Å². The SMILES string of the molecule is CCCOc1cc(NCCCS(C)=O)ccc1N. The molecule has 1 aromatic rings. The van der Waals surface area contributed by atoms with Gasteiger partial charge in [0.25, 0.3) is 0 Å². The molecule has 0 saturated heterocycles. The number of benzene rings is 1. The van der Waals surface area contributed by atoms with Gasteiger partial charge in [-0.2, -0.15) is 0 Å². The van der Waals surface area contributed by atoms with Gasteiger partial charge in [0.15, 0.2) is 0 Å². The molecular formula is C13H22N2O2S. The Morgan fingerprint density at radius 3 is 2.89 bits per heavy atom. The first-order valence-corrected chi connectivity index (χ1v) is 7.92. The Morgan fingerprint density at radius 1 is 1.44 bits per heavy atom. The summed E-state index contributed by atoms with van der Waals surface area (Å²) in [4.78, 5) is 0. The number of nitrogen functional groups attached to an aromatic ring is 1. The highest BCUT2D eigenvalue weighted by Gasteiger charge is 2.02. The van der Waals surface area contributed by atoms with E-state index >= 15 is 0 Å². The number of nitrogens with two attached hydrogens (primary N) is 1. The maximum atomic E-state index is 10.9. The molecule has 0 spiro atoms. The summed E-state index contributed by atoms with van der Waals surface area (Å²) in [6.45, 7) is 3.53. The largest absolute Gasteiger partial charge is 0.491 e. The van der Waals surface area contributed by atoms with Gasteiger partial charge in [-0.05, 0) is 25.0 Å². The monoisotopic (exact) mass is 270 g/mol. The van der Waals surface area contributed by atoms with Crippen LogP contribution in [0.3, 0.4) is 0 Å². The van der Waals surface area contributed by atoms with E-state index in [4.69, 9.17) is 10.5 Å². The minimum Gasteiger partial charge on any atom is -0.491 e. The third-order valence-electron chi connectivity index (χ3n) is 2.41. The van der Waals surface area contributed by atoms with Crippen LogP contribution in [0, 0.1) is 0 Å². The minimum absolute atomic E-state index is 0.656. The molecule has 4 nitrogen and oxygen atoms in total. The van der Waals surface area contributed by atoms with Crippen LogP contribution >= 0.6 is 0 Å². The Morgan fingerprint density at radius 2 is 2.22 bits per heavy atom. The highest BCUT2D eigenvalue weighted by molar-refractivity contribution is 7.84. The molecule has 1 atom stereocenters. The molecule has 0 heterocycles. The molecule has 3 N–H and O–H groups in total. The second-order valence-corrected chi connectivity index (χ2v) is 5.71. The van der Waals surface area contributed by atoms with E-state index in [2.05, 4.69) is 12.2 Å². The summed E-state index contributed by atoms with van der Waals surface area (Å²) in [5.74, 6) is 1.45. The molecule has 0 fully saturated rings. The Hall–Kier alpha value is -1.23. The van der Waals surface area contributed by atoms with Gasteiger partial charge in [0.2, 0.25) is 0 Å². The summed E-state index contributed by atoms with van der Waals surface area (Å²) in [6, 6.07) is 5.68. The smallest absolute Gasteiger partial charge is 0.144 e. The van der Waals surface area contributed by atoms with E-state index < -0.39 is 10.8 Å². The number of ether oxygens (including phenoxy) is 1. The van der Waals surface area contributed by atoms with Gasteiger partial charge < -0.3 is 15.8 Å². The second kappa shape index (κ2) is 7.97. The molecule has 5 heteroatoms. The van der Waals surface area contributed by atoms with E-state index in [0.717, 1.165) is 36.6 Å². The van der Waals surface area contributed by atoms with Crippen molar-refractivity contribution in [3.8, 4) is 5.75 Å². The average Bonchev–Trinajstić information content (AvgIpc) is 2.34. The molecule has 0 aromatic heterocycles. The Bertz CT molecular complexity index is 397. The second-order valence-electron chi connectivity index (χ2n) is 4.16. The molecule has 102 valence electrons. The quantitative estimate of drug-likeness (QED) is 0.561. The lowest BCUT2D eigenvalue weighted by Crippen LogP contribution is -2.07. The van der Waals surface area contributed by atoms with Crippen molar-refractivity contribution in [3.63, 3.8) is 0 Å². The minimum atomic E-state index is -0.720. The first kappa shape index (κ1) is 14.8. The van der Waals surface area contributed by atoms with Gasteiger partial charge in [0, 0.05) is 41.1 Å². The molecule has 18 heavy (non-hydrogen) atoms. The lowest BCUT2D eigenvalue weighted by atomic mass is 10.2. The van der Waals surface area contributed by atoms with E-state index in [1.807, 2.05) is 18.2 Å². The number of nitrogens with one attached hydrogen (secondary N) is 1. The van der Waals surface area contributed by atoms with Gasteiger partial charge in [-0.3, -0.25) is 4.21 Å². The van der Waals surface area contributed by atoms with E-state index in [1.54, 1.807) is 6.26 Å². The van der Waals surface area contributed by atoms with Crippen molar-refractivity contribution in [1.82, 2.24) is 0 Å². The molecule has 0 saturated carbocycles. The van der Waals surface area contributed by atoms with Crippen LogP contribution in [-0.2, 0) is 10.8 Å². The fourth-order valence-corrected chi connectivity index (χ4v) is 2.04. The molecular weight excluding hydrogens is 248 g/mol. The zero-order valence-electron chi connectivity index (χ0n) is 11.1. The Kier molecular flexibility index (Phi) is 6.57. The third-order valence-corrected chi connectivity index (χ3v) is 3.28. The number of hydrogen-bond acceptors (Lipinski definition) is 4. The van der Waals surface area contributed by atoms with Crippen molar-refractivity contribution < 1.29 is 8.95 Å². The number of anilines is 2. The molecule has 0 radical (unpaired) electrons. The van der Waals surface area contributed by atoms with E-state index in [1.165, 1.54) is 0 Å². The van der Waals surface area contributed by atoms with Crippen LogP contribution in [0.2, 0.25) is 0 Å². The number of hydrogen-bond donors (Lipinski definition) is 2. The number of rotatable bonds is 8. The topological polar surface area (TPSA) is 64.3 Å². The fourth-order valence-electron chi connectivity index (χ4n) is 1.49. The van der Waals surface area contributed by atoms with Crippen LogP contribution in [0.25, 0.3) is 0 Å². The maximum absolute atomic E-state index is 10.9. The maximum Gasteiger partial charge on any atom is 0.144 e. The van der Waals surface area contributed by atoms with E-state index in [0.29, 0.717) is 12.3 Å². The average molecular weight is 270 g/mol. The summed E-state index contributed by atoms with van der Waals surface area (Å²) in [6.07, 6.45) is 3.57. The van der Waals surface area contributed by atoms with Crippen molar-refractivity contribution in [1.29, 1.82) is 0 Å². The van der Waals surface area contributed by atoms with Crippen LogP contribution < -0.4 is 15.8 Å². The predicted octanol–water partition coefficient (Wildman–Crippen LogP) is 2.24. The zero-order valence-corrected chi connectivity index (χ0v) is 11.9. The van der Waals surface area contributed by atoms with Crippen LogP contribution in [0.15, 0.2) is 18.2 Å². The first-order valence-electron chi connectivity index (χ1n) is 6.19. The molecule has 0 aliphatic heterocycles.